The number of nitrogens with one attached hydrogen (secondary N) is 2. The van der Waals surface area contributed by atoms with Crippen molar-refractivity contribution < 1.29 is 54.3 Å². The van der Waals surface area contributed by atoms with Gasteiger partial charge in [-0.05, 0) is 56.5 Å². The van der Waals surface area contributed by atoms with E-state index in [4.69, 9.17) is 0 Å². The minimum atomic E-state index is -1.15. The minimum Gasteiger partial charge on any atom is -0.504 e. The fourth-order valence-electron chi connectivity index (χ4n) is 6.52. The lowest BCUT2D eigenvalue weighted by atomic mass is 9.91. The van der Waals surface area contributed by atoms with Gasteiger partial charge in [0.2, 0.25) is 11.8 Å². The van der Waals surface area contributed by atoms with Crippen molar-refractivity contribution >= 4 is 47.1 Å². The van der Waals surface area contributed by atoms with Gasteiger partial charge in [0.25, 0.3) is 11.8 Å². The van der Waals surface area contributed by atoms with Gasteiger partial charge in [0.05, 0.1) is 23.6 Å². The Balaban J connectivity index is 1.27. The number of benzene rings is 3. The molecule has 0 spiro atoms. The van der Waals surface area contributed by atoms with Crippen molar-refractivity contribution in [3.05, 3.63) is 83.4 Å². The van der Waals surface area contributed by atoms with Crippen LogP contribution in [0.15, 0.2) is 66.7 Å². The SMILES string of the molecule is CC1(C)SC2[C@H](NC(=O)[C@H](CC(=O)CN(CCCCNC(=O)c3cccc(O)c3O)C(=O)c3cccc(O)c3O)c3ccccc3)C(=O)N2[C@H]1C(=O)O. The molecule has 2 aliphatic heterocycles. The summed E-state index contributed by atoms with van der Waals surface area (Å²) in [6.07, 6.45) is 0.205. The van der Waals surface area contributed by atoms with Crippen molar-refractivity contribution in [1.29, 1.82) is 0 Å². The van der Waals surface area contributed by atoms with E-state index in [1.165, 1.54) is 53.1 Å². The number of hydrogen-bond donors (Lipinski definition) is 7. The van der Waals surface area contributed by atoms with E-state index in [0.717, 1.165) is 4.90 Å². The molecule has 0 saturated carbocycles. The van der Waals surface area contributed by atoms with Crippen LogP contribution in [0, 0.1) is 0 Å². The summed E-state index contributed by atoms with van der Waals surface area (Å²) in [4.78, 5) is 81.1. The van der Waals surface area contributed by atoms with E-state index in [1.54, 1.807) is 44.2 Å². The highest BCUT2D eigenvalue weighted by Gasteiger charge is 2.64. The Kier molecular flexibility index (Phi) is 11.5. The quantitative estimate of drug-likeness (QED) is 0.0675. The number of β-lactam (4-membered cyclic amide) rings is 1. The highest BCUT2D eigenvalue weighted by atomic mass is 32.2. The molecule has 3 aromatic carbocycles. The first-order chi connectivity index (χ1) is 25.1. The number of amides is 4. The van der Waals surface area contributed by atoms with Gasteiger partial charge in [0.15, 0.2) is 28.8 Å². The Hall–Kier alpha value is -5.77. The second-order valence-electron chi connectivity index (χ2n) is 13.3. The lowest BCUT2D eigenvalue weighted by Gasteiger charge is -2.44. The smallest absolute Gasteiger partial charge is 0.327 e. The van der Waals surface area contributed by atoms with Gasteiger partial charge in [-0.3, -0.25) is 24.0 Å². The van der Waals surface area contributed by atoms with Gasteiger partial charge in [-0.2, -0.15) is 0 Å². The number of aromatic hydroxyl groups is 4. The molecule has 2 heterocycles. The molecule has 1 unspecified atom stereocenters. The Bertz CT molecular complexity index is 1920. The number of nitrogens with zero attached hydrogens (tertiary/aromatic N) is 2. The van der Waals surface area contributed by atoms with Gasteiger partial charge in [0.1, 0.15) is 17.5 Å². The number of hydrogen-bond acceptors (Lipinski definition) is 11. The van der Waals surface area contributed by atoms with E-state index in [0.29, 0.717) is 12.0 Å². The molecule has 0 radical (unpaired) electrons. The maximum Gasteiger partial charge on any atom is 0.327 e. The van der Waals surface area contributed by atoms with Crippen molar-refractivity contribution in [2.45, 2.75) is 61.2 Å². The summed E-state index contributed by atoms with van der Waals surface area (Å²) in [7, 11) is 0. The monoisotopic (exact) mass is 748 g/mol. The van der Waals surface area contributed by atoms with Crippen LogP contribution < -0.4 is 10.6 Å². The van der Waals surface area contributed by atoms with Gasteiger partial charge in [-0.25, -0.2) is 4.79 Å². The van der Waals surface area contributed by atoms with Crippen molar-refractivity contribution in [1.82, 2.24) is 20.4 Å². The number of Topliss-reactive ketones (excluding diaryl/α,β-unsaturated/α-hetero) is 1. The largest absolute Gasteiger partial charge is 0.504 e. The minimum absolute atomic E-state index is 0.0268. The van der Waals surface area contributed by atoms with E-state index in [1.807, 2.05) is 0 Å². The van der Waals surface area contributed by atoms with Crippen LogP contribution in [-0.4, -0.2) is 113 Å². The first-order valence-corrected chi connectivity index (χ1v) is 17.7. The lowest BCUT2D eigenvalue weighted by Crippen LogP contribution is -2.70. The number of phenols is 4. The Morgan fingerprint density at radius 3 is 2.13 bits per heavy atom. The van der Waals surface area contributed by atoms with Crippen molar-refractivity contribution in [2.75, 3.05) is 19.6 Å². The number of unbranched alkanes of at least 4 members (excludes halogenated alkanes) is 1. The number of ketones is 1. The predicted octanol–water partition coefficient (Wildman–Crippen LogP) is 2.54. The zero-order valence-corrected chi connectivity index (χ0v) is 29.7. The highest BCUT2D eigenvalue weighted by Crippen LogP contribution is 2.51. The molecule has 16 heteroatoms. The molecule has 0 bridgehead atoms. The molecule has 3 aromatic rings. The molecule has 4 amide bonds. The van der Waals surface area contributed by atoms with E-state index >= 15 is 0 Å². The molecule has 7 N–H and O–H groups in total. The Morgan fingerprint density at radius 1 is 0.868 bits per heavy atom. The van der Waals surface area contributed by atoms with Gasteiger partial charge >= 0.3 is 5.97 Å². The van der Waals surface area contributed by atoms with Crippen LogP contribution >= 0.6 is 11.8 Å². The molecule has 2 saturated heterocycles. The number of carbonyl (C=O) groups excluding carboxylic acids is 5. The molecular weight excluding hydrogens is 708 g/mol. The van der Waals surface area contributed by atoms with E-state index in [2.05, 4.69) is 10.6 Å². The average Bonchev–Trinajstić information content (AvgIpc) is 3.38. The van der Waals surface area contributed by atoms with Crippen molar-refractivity contribution in [3.8, 4) is 23.0 Å². The summed E-state index contributed by atoms with van der Waals surface area (Å²) in [5, 5.41) is 54.6. The molecule has 4 atom stereocenters. The zero-order valence-electron chi connectivity index (χ0n) is 28.9. The first-order valence-electron chi connectivity index (χ1n) is 16.8. The third kappa shape index (κ3) is 8.17. The predicted molar refractivity (Wildman–Crippen MR) is 191 cm³/mol. The Labute approximate surface area is 308 Å². The van der Waals surface area contributed by atoms with Gasteiger partial charge < -0.3 is 46.0 Å². The number of carboxylic acid groups (broad SMARTS) is 1. The van der Waals surface area contributed by atoms with Crippen LogP contribution in [0.2, 0.25) is 0 Å². The molecule has 2 fully saturated rings. The third-order valence-electron chi connectivity index (χ3n) is 9.22. The summed E-state index contributed by atoms with van der Waals surface area (Å²) in [6.45, 7) is 3.03. The fraction of sp³-hybridized carbons (Fsp3) is 0.351. The second-order valence-corrected chi connectivity index (χ2v) is 15.1. The molecule has 280 valence electrons. The van der Waals surface area contributed by atoms with Gasteiger partial charge in [0, 0.05) is 24.3 Å². The lowest BCUT2D eigenvalue weighted by molar-refractivity contribution is -0.161. The summed E-state index contributed by atoms with van der Waals surface area (Å²) >= 11 is 1.27. The van der Waals surface area contributed by atoms with Crippen molar-refractivity contribution in [2.24, 2.45) is 0 Å². The van der Waals surface area contributed by atoms with E-state index in [-0.39, 0.29) is 37.1 Å². The third-order valence-corrected chi connectivity index (χ3v) is 10.8. The van der Waals surface area contributed by atoms with Crippen LogP contribution in [0.3, 0.4) is 0 Å². The normalized spacial score (nSPS) is 19.0. The number of thioether (sulfide) groups is 1. The number of phenolic OH excluding ortho intramolecular Hbond substituents is 4. The summed E-state index contributed by atoms with van der Waals surface area (Å²) in [5.41, 5.74) is 0.0902. The highest BCUT2D eigenvalue weighted by molar-refractivity contribution is 8.01. The zero-order chi connectivity index (χ0) is 38.6. The number of para-hydroxylation sites is 2. The number of rotatable bonds is 15. The Morgan fingerprint density at radius 2 is 1.49 bits per heavy atom. The van der Waals surface area contributed by atoms with E-state index < -0.39 is 93.0 Å². The second kappa shape index (κ2) is 15.9. The summed E-state index contributed by atoms with van der Waals surface area (Å²) < 4.78 is -0.805. The molecule has 0 aromatic heterocycles. The van der Waals surface area contributed by atoms with Crippen LogP contribution in [-0.2, 0) is 19.2 Å². The molecular formula is C37H40N4O11S. The number of carboxylic acids is 1. The fourth-order valence-corrected chi connectivity index (χ4v) is 8.14. The van der Waals surface area contributed by atoms with Crippen LogP contribution in [0.4, 0.5) is 0 Å². The molecule has 5 rings (SSSR count). The summed E-state index contributed by atoms with van der Waals surface area (Å²) in [5.74, 6) is -7.55. The topological polar surface area (TPSA) is 234 Å². The number of aliphatic carboxylic acids is 1. The van der Waals surface area contributed by atoms with Gasteiger partial charge in [-0.1, -0.05) is 42.5 Å². The first kappa shape index (κ1) is 38.5. The maximum absolute atomic E-state index is 13.8. The average molecular weight is 749 g/mol. The van der Waals surface area contributed by atoms with Crippen molar-refractivity contribution in [3.63, 3.8) is 0 Å². The van der Waals surface area contributed by atoms with Crippen LogP contribution in [0.5, 0.6) is 23.0 Å². The number of fused-ring (bicyclic) bond motifs is 1. The maximum atomic E-state index is 13.8. The summed E-state index contributed by atoms with van der Waals surface area (Å²) in [6, 6.07) is 14.1. The molecule has 15 nitrogen and oxygen atoms in total. The van der Waals surface area contributed by atoms with E-state index in [9.17, 15) is 54.3 Å². The molecule has 0 aliphatic carbocycles. The van der Waals surface area contributed by atoms with Crippen LogP contribution in [0.25, 0.3) is 0 Å². The standard InChI is InChI=1S/C37H40N4O11S/c1-37(2)30(36(51)52)41-34(50)27(35(41)53-37)39-32(48)24(20-10-4-3-5-11-20)18-21(42)19-40(33(49)23-13-9-15-26(44)29(23)46)17-7-6-16-38-31(47)22-12-8-14-25(43)28(22)45/h3-5,8-15,24,27,30,35,43-46H,6-7,16-19H2,1-2H3,(H,38,47)(H,39,48)(H,51,52)/t24-,27-,30+,35?/m1/s1. The molecule has 53 heavy (non-hydrogen) atoms. The number of carbonyl (C=O) groups is 6. The molecule has 2 aliphatic rings. The van der Waals surface area contributed by atoms with Crippen LogP contribution in [0.1, 0.15) is 65.3 Å². The van der Waals surface area contributed by atoms with Gasteiger partial charge in [-0.15, -0.1) is 11.8 Å².